The number of thioether (sulfide) groups is 1. The molecule has 0 aromatic rings. The molecule has 3 atom stereocenters. The minimum atomic E-state index is -0.233. The van der Waals surface area contributed by atoms with Gasteiger partial charge in [-0.15, -0.1) is 0 Å². The molecule has 110 valence electrons. The molecular formula is C15H28N2OS. The smallest absolute Gasteiger partial charge is 0.228 e. The van der Waals surface area contributed by atoms with Crippen molar-refractivity contribution in [1.82, 2.24) is 10.2 Å². The molecule has 1 N–H and O–H groups in total. The van der Waals surface area contributed by atoms with Gasteiger partial charge in [-0.25, -0.2) is 0 Å². The number of nitrogens with zero attached hydrogens (tertiary/aromatic N) is 1. The van der Waals surface area contributed by atoms with Gasteiger partial charge in [0.15, 0.2) is 0 Å². The maximum atomic E-state index is 13.0. The first-order valence-corrected chi connectivity index (χ1v) is 8.63. The van der Waals surface area contributed by atoms with E-state index < -0.39 is 0 Å². The summed E-state index contributed by atoms with van der Waals surface area (Å²) in [7, 11) is 0. The van der Waals surface area contributed by atoms with E-state index >= 15 is 0 Å². The van der Waals surface area contributed by atoms with Crippen molar-refractivity contribution < 1.29 is 4.79 Å². The molecule has 4 heteroatoms. The van der Waals surface area contributed by atoms with Gasteiger partial charge >= 0.3 is 0 Å². The highest BCUT2D eigenvalue weighted by atomic mass is 32.2. The van der Waals surface area contributed by atoms with Crippen molar-refractivity contribution in [2.24, 2.45) is 11.3 Å². The van der Waals surface area contributed by atoms with Crippen LogP contribution in [0.3, 0.4) is 0 Å². The summed E-state index contributed by atoms with van der Waals surface area (Å²) in [5.41, 5.74) is -0.233. The second-order valence-corrected chi connectivity index (χ2v) is 8.07. The standard InChI is InChI=1S/C15H28N2OS/c1-11-12(2)19-9-8-17(11)14(18)15(3,4)13-6-5-7-16-10-13/h11-13,16H,5-10H2,1-4H3. The van der Waals surface area contributed by atoms with Crippen molar-refractivity contribution in [2.45, 2.75) is 51.8 Å². The fraction of sp³-hybridized carbons (Fsp3) is 0.933. The zero-order valence-electron chi connectivity index (χ0n) is 12.7. The number of carbonyl (C=O) groups excluding carboxylic acids is 1. The molecule has 2 heterocycles. The third-order valence-corrected chi connectivity index (χ3v) is 6.35. The predicted octanol–water partition coefficient (Wildman–Crippen LogP) is 2.36. The number of rotatable bonds is 2. The van der Waals surface area contributed by atoms with Gasteiger partial charge in [0.1, 0.15) is 0 Å². The Bertz CT molecular complexity index is 326. The molecule has 2 rings (SSSR count). The van der Waals surface area contributed by atoms with Crippen molar-refractivity contribution in [2.75, 3.05) is 25.4 Å². The number of carbonyl (C=O) groups is 1. The number of amides is 1. The summed E-state index contributed by atoms with van der Waals surface area (Å²) in [5, 5.41) is 4.00. The van der Waals surface area contributed by atoms with Crippen molar-refractivity contribution in [3.8, 4) is 0 Å². The van der Waals surface area contributed by atoms with Crippen molar-refractivity contribution in [3.05, 3.63) is 0 Å². The summed E-state index contributed by atoms with van der Waals surface area (Å²) < 4.78 is 0. The van der Waals surface area contributed by atoms with Crippen LogP contribution in [0.2, 0.25) is 0 Å². The van der Waals surface area contributed by atoms with Crippen LogP contribution in [0.25, 0.3) is 0 Å². The molecule has 3 nitrogen and oxygen atoms in total. The second-order valence-electron chi connectivity index (χ2n) is 6.58. The monoisotopic (exact) mass is 284 g/mol. The molecule has 2 saturated heterocycles. The molecule has 0 aliphatic carbocycles. The van der Waals surface area contributed by atoms with Gasteiger partial charge in [0.2, 0.25) is 5.91 Å². The third-order valence-electron chi connectivity index (χ3n) is 5.01. The third kappa shape index (κ3) is 3.10. The minimum absolute atomic E-state index is 0.233. The molecular weight excluding hydrogens is 256 g/mol. The van der Waals surface area contributed by atoms with E-state index in [0.717, 1.165) is 25.4 Å². The molecule has 3 unspecified atom stereocenters. The molecule has 2 aliphatic rings. The number of hydrogen-bond donors (Lipinski definition) is 1. The second kappa shape index (κ2) is 6.04. The van der Waals surface area contributed by atoms with Crippen LogP contribution < -0.4 is 5.32 Å². The lowest BCUT2D eigenvalue weighted by atomic mass is 9.73. The highest BCUT2D eigenvalue weighted by Crippen LogP contribution is 2.36. The zero-order valence-corrected chi connectivity index (χ0v) is 13.6. The van der Waals surface area contributed by atoms with Gasteiger partial charge in [0.05, 0.1) is 0 Å². The average molecular weight is 284 g/mol. The largest absolute Gasteiger partial charge is 0.338 e. The molecule has 19 heavy (non-hydrogen) atoms. The maximum absolute atomic E-state index is 13.0. The Morgan fingerprint density at radius 3 is 2.74 bits per heavy atom. The molecule has 1 amide bonds. The Balaban J connectivity index is 2.08. The van der Waals surface area contributed by atoms with Crippen molar-refractivity contribution in [3.63, 3.8) is 0 Å². The first-order valence-electron chi connectivity index (χ1n) is 7.58. The highest BCUT2D eigenvalue weighted by molar-refractivity contribution is 8.00. The van der Waals surface area contributed by atoms with Crippen molar-refractivity contribution >= 4 is 17.7 Å². The topological polar surface area (TPSA) is 32.3 Å². The van der Waals surface area contributed by atoms with Gasteiger partial charge < -0.3 is 10.2 Å². The Labute approximate surface area is 121 Å². The molecule has 0 saturated carbocycles. The van der Waals surface area contributed by atoms with Crippen molar-refractivity contribution in [1.29, 1.82) is 0 Å². The Morgan fingerprint density at radius 1 is 1.37 bits per heavy atom. The van der Waals surface area contributed by atoms with Crippen LogP contribution in [0.4, 0.5) is 0 Å². The first kappa shape index (κ1) is 15.2. The van der Waals surface area contributed by atoms with Crippen LogP contribution in [0.5, 0.6) is 0 Å². The minimum Gasteiger partial charge on any atom is -0.338 e. The van der Waals surface area contributed by atoms with Gasteiger partial charge in [-0.2, -0.15) is 11.8 Å². The van der Waals surface area contributed by atoms with Gasteiger partial charge in [-0.1, -0.05) is 20.8 Å². The van der Waals surface area contributed by atoms with Gasteiger partial charge in [0, 0.05) is 29.0 Å². The van der Waals surface area contributed by atoms with E-state index in [2.05, 4.69) is 37.9 Å². The summed E-state index contributed by atoms with van der Waals surface area (Å²) >= 11 is 1.99. The summed E-state index contributed by atoms with van der Waals surface area (Å²) in [5.74, 6) is 1.92. The maximum Gasteiger partial charge on any atom is 0.228 e. The first-order chi connectivity index (χ1) is 8.94. The quantitative estimate of drug-likeness (QED) is 0.845. The van der Waals surface area contributed by atoms with Crippen LogP contribution >= 0.6 is 11.8 Å². The van der Waals surface area contributed by atoms with Gasteiger partial charge in [0.25, 0.3) is 0 Å². The zero-order chi connectivity index (χ0) is 14.0. The Morgan fingerprint density at radius 2 is 2.11 bits per heavy atom. The van der Waals surface area contributed by atoms with Gasteiger partial charge in [-0.3, -0.25) is 4.79 Å². The fourth-order valence-corrected chi connectivity index (χ4v) is 4.33. The summed E-state index contributed by atoms with van der Waals surface area (Å²) in [6.45, 7) is 11.7. The summed E-state index contributed by atoms with van der Waals surface area (Å²) in [6, 6.07) is 0.363. The number of hydrogen-bond acceptors (Lipinski definition) is 3. The van der Waals surface area contributed by atoms with Crippen LogP contribution in [-0.2, 0) is 4.79 Å². The lowest BCUT2D eigenvalue weighted by Crippen LogP contribution is -2.55. The van der Waals surface area contributed by atoms with E-state index in [9.17, 15) is 4.79 Å². The van der Waals surface area contributed by atoms with E-state index in [0.29, 0.717) is 23.1 Å². The Kier molecular flexibility index (Phi) is 4.83. The van der Waals surface area contributed by atoms with E-state index in [4.69, 9.17) is 0 Å². The SMILES string of the molecule is CC1SCCN(C(=O)C(C)(C)C2CCCNC2)C1C. The predicted molar refractivity (Wildman–Crippen MR) is 82.5 cm³/mol. The van der Waals surface area contributed by atoms with Gasteiger partial charge in [-0.05, 0) is 38.8 Å². The normalized spacial score (nSPS) is 33.3. The number of nitrogens with one attached hydrogen (secondary N) is 1. The van der Waals surface area contributed by atoms with E-state index in [1.807, 2.05) is 11.8 Å². The lowest BCUT2D eigenvalue weighted by molar-refractivity contribution is -0.145. The lowest BCUT2D eigenvalue weighted by Gasteiger charge is -2.44. The Hall–Kier alpha value is -0.220. The molecule has 0 radical (unpaired) electrons. The van der Waals surface area contributed by atoms with E-state index in [1.165, 1.54) is 12.8 Å². The fourth-order valence-electron chi connectivity index (χ4n) is 3.23. The summed E-state index contributed by atoms with van der Waals surface area (Å²) in [4.78, 5) is 15.1. The van der Waals surface area contributed by atoms with Crippen LogP contribution in [0.15, 0.2) is 0 Å². The molecule has 2 aliphatic heterocycles. The molecule has 0 spiro atoms. The number of piperidine rings is 1. The highest BCUT2D eigenvalue weighted by Gasteiger charge is 2.42. The van der Waals surface area contributed by atoms with Crippen LogP contribution in [0.1, 0.15) is 40.5 Å². The van der Waals surface area contributed by atoms with E-state index in [1.54, 1.807) is 0 Å². The van der Waals surface area contributed by atoms with Crippen LogP contribution in [0, 0.1) is 11.3 Å². The molecule has 0 aromatic heterocycles. The van der Waals surface area contributed by atoms with E-state index in [-0.39, 0.29) is 5.41 Å². The average Bonchev–Trinajstić information content (AvgIpc) is 2.42. The molecule has 0 bridgehead atoms. The molecule has 2 fully saturated rings. The molecule has 0 aromatic carbocycles. The van der Waals surface area contributed by atoms with Crippen LogP contribution in [-0.4, -0.2) is 47.5 Å². The summed E-state index contributed by atoms with van der Waals surface area (Å²) in [6.07, 6.45) is 2.38.